The molecule has 0 radical (unpaired) electrons. The molecule has 1 N–H and O–H groups in total. The number of fused-ring (bicyclic) bond motifs is 4. The van der Waals surface area contributed by atoms with Crippen molar-refractivity contribution in [3.63, 3.8) is 0 Å². The predicted molar refractivity (Wildman–Crippen MR) is 145 cm³/mol. The molecule has 0 unspecified atom stereocenters. The molecule has 5 heteroatoms. The van der Waals surface area contributed by atoms with E-state index in [4.69, 9.17) is 4.74 Å². The molecule has 5 heterocycles. The van der Waals surface area contributed by atoms with Gasteiger partial charge in [0.2, 0.25) is 5.36 Å². The van der Waals surface area contributed by atoms with Crippen molar-refractivity contribution in [3.8, 4) is 22.6 Å². The summed E-state index contributed by atoms with van der Waals surface area (Å²) in [6, 6.07) is 9.88. The fourth-order valence-corrected chi connectivity index (χ4v) is 7.72. The van der Waals surface area contributed by atoms with Gasteiger partial charge in [0.25, 0.3) is 0 Å². The highest BCUT2D eigenvalue weighted by molar-refractivity contribution is 6.00. The summed E-state index contributed by atoms with van der Waals surface area (Å²) >= 11 is 0. The van der Waals surface area contributed by atoms with Gasteiger partial charge in [0.15, 0.2) is 0 Å². The van der Waals surface area contributed by atoms with Gasteiger partial charge in [-0.2, -0.15) is 0 Å². The molecule has 5 aliphatic heterocycles. The summed E-state index contributed by atoms with van der Waals surface area (Å²) in [6.07, 6.45) is 11.1. The van der Waals surface area contributed by atoms with Crippen molar-refractivity contribution in [3.05, 3.63) is 74.3 Å². The van der Waals surface area contributed by atoms with Crippen LogP contribution in [0.5, 0.6) is 11.5 Å². The number of nitrogens with zero attached hydrogens (tertiary/aromatic N) is 2. The van der Waals surface area contributed by atoms with Crippen molar-refractivity contribution in [2.45, 2.75) is 51.4 Å². The number of hydrogen-bond donors (Lipinski definition) is 1. The Morgan fingerprint density at radius 2 is 1.65 bits per heavy atom. The molecule has 0 aliphatic carbocycles. The van der Waals surface area contributed by atoms with Crippen LogP contribution in [-0.2, 0) is 25.7 Å². The predicted octanol–water partition coefficient (Wildman–Crippen LogP) is 4.07. The Morgan fingerprint density at radius 1 is 0.892 bits per heavy atom. The van der Waals surface area contributed by atoms with Crippen LogP contribution in [0.15, 0.2) is 30.3 Å². The van der Waals surface area contributed by atoms with E-state index in [2.05, 4.69) is 21.6 Å². The number of benzene rings is 3. The maximum Gasteiger partial charge on any atom is 0.336 e. The first-order valence-electron chi connectivity index (χ1n) is 13.9. The molecule has 0 saturated heterocycles. The molecule has 3 aromatic rings. The molecular weight excluding hydrogens is 460 g/mol. The fourth-order valence-electron chi connectivity index (χ4n) is 7.72. The standard InChI is InChI=1S/C32H30N2O3/c35-32(36)22-9-2-1-8-21(22)27-23-10-4-15-34-16-6-12-25(29(23)34)31-26(27)18-20-17-19-7-3-13-33-14-5-11-24(28(19)33)30(20)37-31/h1-2,8-9,17-18H,3-7,10-16H2/p+1. The molecule has 0 spiro atoms. The highest BCUT2D eigenvalue weighted by atomic mass is 16.5. The molecule has 186 valence electrons. The quantitative estimate of drug-likeness (QED) is 0.430. The first kappa shape index (κ1) is 21.5. The molecule has 0 saturated carbocycles. The van der Waals surface area contributed by atoms with Crippen LogP contribution < -0.4 is 24.8 Å². The minimum Gasteiger partial charge on any atom is -0.478 e. The summed E-state index contributed by atoms with van der Waals surface area (Å²) in [6.45, 7) is 4.41. The van der Waals surface area contributed by atoms with Crippen LogP contribution in [0.25, 0.3) is 17.2 Å². The molecule has 0 bridgehead atoms. The van der Waals surface area contributed by atoms with Crippen molar-refractivity contribution in [2.75, 3.05) is 31.1 Å². The summed E-state index contributed by atoms with van der Waals surface area (Å²) in [7, 11) is 0. The van der Waals surface area contributed by atoms with E-state index in [-0.39, 0.29) is 0 Å². The van der Waals surface area contributed by atoms with E-state index < -0.39 is 5.97 Å². The average molecular weight is 492 g/mol. The smallest absolute Gasteiger partial charge is 0.336 e. The van der Waals surface area contributed by atoms with Gasteiger partial charge >= 0.3 is 5.97 Å². The SMILES string of the molecule is O=C(O)c1ccccc1-c1c2c(c3c4c1CCCN4CCC3)Oc1c3c4c(cc1=C2)CCC[N+]=4CCC3. The van der Waals surface area contributed by atoms with E-state index in [0.29, 0.717) is 5.56 Å². The Hall–Kier alpha value is -3.60. The lowest BCUT2D eigenvalue weighted by Crippen LogP contribution is -2.45. The van der Waals surface area contributed by atoms with E-state index in [0.717, 1.165) is 98.1 Å². The maximum absolute atomic E-state index is 12.4. The Morgan fingerprint density at radius 3 is 2.49 bits per heavy atom. The minimum absolute atomic E-state index is 0.365. The summed E-state index contributed by atoms with van der Waals surface area (Å²) in [5.41, 5.74) is 10.1. The number of rotatable bonds is 2. The van der Waals surface area contributed by atoms with Crippen LogP contribution in [0.2, 0.25) is 0 Å². The van der Waals surface area contributed by atoms with Gasteiger partial charge in [-0.3, -0.25) is 0 Å². The number of carboxylic acid groups (broad SMARTS) is 1. The second-order valence-corrected chi connectivity index (χ2v) is 11.2. The van der Waals surface area contributed by atoms with Crippen molar-refractivity contribution in [2.24, 2.45) is 0 Å². The average Bonchev–Trinajstić information content (AvgIpc) is 2.93. The zero-order chi connectivity index (χ0) is 24.7. The normalized spacial score (nSPS) is 18.6. The highest BCUT2D eigenvalue weighted by Crippen LogP contribution is 2.51. The maximum atomic E-state index is 12.4. The zero-order valence-corrected chi connectivity index (χ0v) is 21.1. The number of carbonyl (C=O) groups is 1. The molecule has 0 amide bonds. The van der Waals surface area contributed by atoms with Crippen LogP contribution in [0, 0.1) is 0 Å². The topological polar surface area (TPSA) is 52.8 Å². The van der Waals surface area contributed by atoms with Crippen molar-refractivity contribution < 1.29 is 14.6 Å². The first-order chi connectivity index (χ1) is 18.2. The van der Waals surface area contributed by atoms with Gasteiger partial charge in [-0.05, 0) is 73.4 Å². The van der Waals surface area contributed by atoms with Crippen LogP contribution >= 0.6 is 0 Å². The number of carboxylic acids is 1. The third-order valence-electron chi connectivity index (χ3n) is 9.12. The van der Waals surface area contributed by atoms with Crippen LogP contribution in [0.1, 0.15) is 63.9 Å². The van der Waals surface area contributed by atoms with Crippen LogP contribution in [-0.4, -0.2) is 37.3 Å². The van der Waals surface area contributed by atoms with Crippen LogP contribution in [0.3, 0.4) is 0 Å². The van der Waals surface area contributed by atoms with Crippen molar-refractivity contribution in [1.29, 1.82) is 0 Å². The third kappa shape index (κ3) is 3.03. The summed E-state index contributed by atoms with van der Waals surface area (Å²) in [4.78, 5) is 14.9. The molecule has 8 rings (SSSR count). The van der Waals surface area contributed by atoms with Gasteiger partial charge in [0.05, 0.1) is 11.1 Å². The molecule has 5 nitrogen and oxygen atoms in total. The molecule has 0 aromatic heterocycles. The van der Waals surface area contributed by atoms with E-state index in [1.165, 1.54) is 46.1 Å². The van der Waals surface area contributed by atoms with Gasteiger partial charge in [-0.25, -0.2) is 9.37 Å². The molecule has 37 heavy (non-hydrogen) atoms. The van der Waals surface area contributed by atoms with Gasteiger partial charge in [0, 0.05) is 53.5 Å². The lowest BCUT2D eigenvalue weighted by Gasteiger charge is -2.40. The minimum atomic E-state index is -0.877. The number of aryl methyl sites for hydroxylation is 1. The van der Waals surface area contributed by atoms with Gasteiger partial charge in [-0.15, -0.1) is 0 Å². The third-order valence-corrected chi connectivity index (χ3v) is 9.12. The second kappa shape index (κ2) is 7.95. The first-order valence-corrected chi connectivity index (χ1v) is 13.9. The van der Waals surface area contributed by atoms with E-state index in [1.807, 2.05) is 18.2 Å². The Labute approximate surface area is 216 Å². The second-order valence-electron chi connectivity index (χ2n) is 11.2. The van der Waals surface area contributed by atoms with Gasteiger partial charge in [0.1, 0.15) is 24.6 Å². The molecular formula is C32H31N2O3+. The monoisotopic (exact) mass is 491 g/mol. The van der Waals surface area contributed by atoms with E-state index in [1.54, 1.807) is 6.07 Å². The van der Waals surface area contributed by atoms with E-state index in [9.17, 15) is 9.90 Å². The number of hydrogen-bond acceptors (Lipinski definition) is 3. The number of anilines is 1. The summed E-state index contributed by atoms with van der Waals surface area (Å²) < 4.78 is 9.62. The zero-order valence-electron chi connectivity index (χ0n) is 21.1. The van der Waals surface area contributed by atoms with E-state index >= 15 is 0 Å². The van der Waals surface area contributed by atoms with Crippen molar-refractivity contribution >= 4 is 17.7 Å². The number of aromatic carboxylic acids is 1. The molecule has 0 fully saturated rings. The summed E-state index contributed by atoms with van der Waals surface area (Å²) in [5, 5.41) is 12.7. The molecule has 0 atom stereocenters. The van der Waals surface area contributed by atoms with Gasteiger partial charge < -0.3 is 14.7 Å². The summed E-state index contributed by atoms with van der Waals surface area (Å²) in [5.74, 6) is 1.13. The van der Waals surface area contributed by atoms with Crippen LogP contribution in [0.4, 0.5) is 5.69 Å². The fraction of sp³-hybridized carbons (Fsp3) is 0.375. The lowest BCUT2D eigenvalue weighted by atomic mass is 9.80. The molecule has 5 aliphatic rings. The number of ether oxygens (including phenoxy) is 1. The van der Waals surface area contributed by atoms with Gasteiger partial charge in [-0.1, -0.05) is 18.2 Å². The van der Waals surface area contributed by atoms with Crippen molar-refractivity contribution in [1.82, 2.24) is 4.58 Å². The largest absolute Gasteiger partial charge is 0.478 e. The lowest BCUT2D eigenvalue weighted by molar-refractivity contribution is 0.0697. The Balaban J connectivity index is 1.50. The Bertz CT molecular complexity index is 1650. The Kier molecular flexibility index (Phi) is 4.61. The highest BCUT2D eigenvalue weighted by Gasteiger charge is 2.36. The molecule has 3 aromatic carbocycles.